The fourth-order valence-corrected chi connectivity index (χ4v) is 3.28. The van der Waals surface area contributed by atoms with E-state index in [9.17, 15) is 9.59 Å². The van der Waals surface area contributed by atoms with Crippen molar-refractivity contribution in [1.82, 2.24) is 20.4 Å². The monoisotopic (exact) mass is 340 g/mol. The molecule has 1 aliphatic heterocycles. The van der Waals surface area contributed by atoms with Crippen molar-refractivity contribution in [3.05, 3.63) is 52.0 Å². The van der Waals surface area contributed by atoms with E-state index in [0.29, 0.717) is 23.2 Å². The summed E-state index contributed by atoms with van der Waals surface area (Å²) in [6.45, 7) is 7.87. The number of H-pyrrole nitrogens is 1. The molecule has 0 saturated carbocycles. The van der Waals surface area contributed by atoms with Crippen LogP contribution in [-0.4, -0.2) is 47.2 Å². The third-order valence-corrected chi connectivity index (χ3v) is 4.80. The van der Waals surface area contributed by atoms with Gasteiger partial charge in [-0.25, -0.2) is 5.10 Å². The summed E-state index contributed by atoms with van der Waals surface area (Å²) in [5.41, 5.74) is 1.36. The first-order valence-electron chi connectivity index (χ1n) is 8.68. The van der Waals surface area contributed by atoms with E-state index < -0.39 is 0 Å². The second kappa shape index (κ2) is 7.61. The molecule has 0 unspecified atom stereocenters. The van der Waals surface area contributed by atoms with Crippen molar-refractivity contribution in [2.75, 3.05) is 26.2 Å². The maximum absolute atomic E-state index is 12.5. The van der Waals surface area contributed by atoms with Gasteiger partial charge in [0.2, 0.25) is 0 Å². The van der Waals surface area contributed by atoms with Gasteiger partial charge in [0.15, 0.2) is 5.69 Å². The smallest absolute Gasteiger partial charge is 0.272 e. The summed E-state index contributed by atoms with van der Waals surface area (Å²) in [5, 5.41) is 10.4. The van der Waals surface area contributed by atoms with Gasteiger partial charge in [0, 0.05) is 25.0 Å². The Kier molecular flexibility index (Phi) is 5.28. The standard InChI is InChI=1S/C19H24N4O2/c1-3-13(2)11-23-9-8-14(12-23)10-20-19(25)17-15-6-4-5-7-16(15)18(24)22-21-17/h3-7,14H,8-12H2,1-2H3,(H,20,25)(H,22,24)/b13-3+/t14-/m1/s1. The second-order valence-corrected chi connectivity index (χ2v) is 6.68. The van der Waals surface area contributed by atoms with Crippen LogP contribution >= 0.6 is 0 Å². The Morgan fingerprint density at radius 3 is 2.92 bits per heavy atom. The third kappa shape index (κ3) is 3.96. The predicted molar refractivity (Wildman–Crippen MR) is 98.7 cm³/mol. The molecule has 0 radical (unpaired) electrons. The van der Waals surface area contributed by atoms with Gasteiger partial charge >= 0.3 is 0 Å². The molecule has 1 aromatic heterocycles. The zero-order chi connectivity index (χ0) is 17.8. The molecule has 1 saturated heterocycles. The SMILES string of the molecule is C/C=C(\C)CN1CC[C@H](CNC(=O)c2n[nH]c(=O)c3ccccc23)C1. The van der Waals surface area contributed by atoms with Crippen LogP contribution in [0, 0.1) is 5.92 Å². The molecular formula is C19H24N4O2. The van der Waals surface area contributed by atoms with E-state index in [1.807, 2.05) is 0 Å². The molecule has 0 bridgehead atoms. The molecule has 1 atom stereocenters. The minimum Gasteiger partial charge on any atom is -0.350 e. The Labute approximate surface area is 146 Å². The molecule has 2 N–H and O–H groups in total. The molecule has 1 aromatic carbocycles. The number of hydrogen-bond acceptors (Lipinski definition) is 4. The summed E-state index contributed by atoms with van der Waals surface area (Å²) in [5.74, 6) is 0.207. The van der Waals surface area contributed by atoms with E-state index in [1.54, 1.807) is 24.3 Å². The molecule has 1 amide bonds. The first kappa shape index (κ1) is 17.4. The highest BCUT2D eigenvalue weighted by molar-refractivity contribution is 6.04. The number of aromatic amines is 1. The van der Waals surface area contributed by atoms with Crippen molar-refractivity contribution in [1.29, 1.82) is 0 Å². The molecule has 1 fully saturated rings. The molecule has 25 heavy (non-hydrogen) atoms. The summed E-state index contributed by atoms with van der Waals surface area (Å²) in [7, 11) is 0. The zero-order valence-corrected chi connectivity index (χ0v) is 14.7. The number of rotatable bonds is 5. The van der Waals surface area contributed by atoms with Crippen molar-refractivity contribution >= 4 is 16.7 Å². The zero-order valence-electron chi connectivity index (χ0n) is 14.7. The van der Waals surface area contributed by atoms with E-state index in [4.69, 9.17) is 0 Å². The summed E-state index contributed by atoms with van der Waals surface area (Å²) >= 11 is 0. The van der Waals surface area contributed by atoms with Crippen LogP contribution in [0.3, 0.4) is 0 Å². The van der Waals surface area contributed by atoms with Gasteiger partial charge in [-0.3, -0.25) is 14.5 Å². The molecule has 2 heterocycles. The fraction of sp³-hybridized carbons (Fsp3) is 0.421. The van der Waals surface area contributed by atoms with Crippen LogP contribution in [0.5, 0.6) is 0 Å². The highest BCUT2D eigenvalue weighted by Crippen LogP contribution is 2.17. The number of carbonyl (C=O) groups excluding carboxylic acids is 1. The Morgan fingerprint density at radius 2 is 2.16 bits per heavy atom. The Bertz CT molecular complexity index is 856. The topological polar surface area (TPSA) is 78.1 Å². The number of amides is 1. The van der Waals surface area contributed by atoms with Gasteiger partial charge in [-0.1, -0.05) is 29.8 Å². The van der Waals surface area contributed by atoms with Gasteiger partial charge < -0.3 is 5.32 Å². The van der Waals surface area contributed by atoms with E-state index in [2.05, 4.69) is 40.3 Å². The van der Waals surface area contributed by atoms with Crippen LogP contribution in [0.15, 0.2) is 40.7 Å². The summed E-state index contributed by atoms with van der Waals surface area (Å²) < 4.78 is 0. The molecule has 132 valence electrons. The molecule has 3 rings (SSSR count). The number of hydrogen-bond donors (Lipinski definition) is 2. The Hall–Kier alpha value is -2.47. The molecule has 0 aliphatic carbocycles. The fourth-order valence-electron chi connectivity index (χ4n) is 3.28. The van der Waals surface area contributed by atoms with Crippen molar-refractivity contribution < 1.29 is 4.79 Å². The number of nitrogens with one attached hydrogen (secondary N) is 2. The molecule has 6 heteroatoms. The van der Waals surface area contributed by atoms with Crippen LogP contribution < -0.4 is 10.9 Å². The van der Waals surface area contributed by atoms with Crippen LogP contribution in [0.25, 0.3) is 10.8 Å². The van der Waals surface area contributed by atoms with Gasteiger partial charge in [0.25, 0.3) is 11.5 Å². The average molecular weight is 340 g/mol. The van der Waals surface area contributed by atoms with Crippen molar-refractivity contribution in [2.45, 2.75) is 20.3 Å². The average Bonchev–Trinajstić information content (AvgIpc) is 3.07. The van der Waals surface area contributed by atoms with Crippen molar-refractivity contribution in [2.24, 2.45) is 5.92 Å². The number of allylic oxidation sites excluding steroid dienone is 1. The van der Waals surface area contributed by atoms with E-state index in [1.165, 1.54) is 5.57 Å². The van der Waals surface area contributed by atoms with Gasteiger partial charge in [0.1, 0.15) is 0 Å². The molecule has 6 nitrogen and oxygen atoms in total. The number of fused-ring (bicyclic) bond motifs is 1. The van der Waals surface area contributed by atoms with E-state index in [-0.39, 0.29) is 17.2 Å². The van der Waals surface area contributed by atoms with E-state index in [0.717, 1.165) is 26.1 Å². The number of benzene rings is 1. The lowest BCUT2D eigenvalue weighted by atomic mass is 10.1. The highest BCUT2D eigenvalue weighted by Gasteiger charge is 2.23. The Morgan fingerprint density at radius 1 is 1.40 bits per heavy atom. The lowest BCUT2D eigenvalue weighted by molar-refractivity contribution is 0.0943. The van der Waals surface area contributed by atoms with Gasteiger partial charge in [0.05, 0.1) is 5.39 Å². The summed E-state index contributed by atoms with van der Waals surface area (Å²) in [4.78, 5) is 26.7. The first-order valence-corrected chi connectivity index (χ1v) is 8.68. The second-order valence-electron chi connectivity index (χ2n) is 6.68. The molecule has 2 aromatic rings. The molecular weight excluding hydrogens is 316 g/mol. The van der Waals surface area contributed by atoms with Crippen molar-refractivity contribution in [3.63, 3.8) is 0 Å². The number of aromatic nitrogens is 2. The van der Waals surface area contributed by atoms with Gasteiger partial charge in [-0.05, 0) is 38.8 Å². The lowest BCUT2D eigenvalue weighted by Gasteiger charge is -2.16. The van der Waals surface area contributed by atoms with Crippen LogP contribution in [-0.2, 0) is 0 Å². The normalized spacial score (nSPS) is 18.6. The third-order valence-electron chi connectivity index (χ3n) is 4.80. The van der Waals surface area contributed by atoms with E-state index >= 15 is 0 Å². The Balaban J connectivity index is 1.63. The summed E-state index contributed by atoms with van der Waals surface area (Å²) in [6, 6.07) is 7.03. The number of likely N-dealkylation sites (tertiary alicyclic amines) is 1. The van der Waals surface area contributed by atoms with Gasteiger partial charge in [-0.2, -0.15) is 5.10 Å². The molecule has 0 spiro atoms. The lowest BCUT2D eigenvalue weighted by Crippen LogP contribution is -2.32. The van der Waals surface area contributed by atoms with Crippen LogP contribution in [0.4, 0.5) is 0 Å². The summed E-state index contributed by atoms with van der Waals surface area (Å²) in [6.07, 6.45) is 3.22. The quantitative estimate of drug-likeness (QED) is 0.816. The highest BCUT2D eigenvalue weighted by atomic mass is 16.2. The minimum absolute atomic E-state index is 0.240. The molecule has 1 aliphatic rings. The maximum atomic E-state index is 12.5. The predicted octanol–water partition coefficient (Wildman–Crippen LogP) is 1.94. The first-order chi connectivity index (χ1) is 12.1. The number of nitrogens with zero attached hydrogens (tertiary/aromatic N) is 2. The van der Waals surface area contributed by atoms with Gasteiger partial charge in [-0.15, -0.1) is 0 Å². The minimum atomic E-state index is -0.280. The van der Waals surface area contributed by atoms with Crippen LogP contribution in [0.1, 0.15) is 30.8 Å². The van der Waals surface area contributed by atoms with Crippen LogP contribution in [0.2, 0.25) is 0 Å². The van der Waals surface area contributed by atoms with Crippen molar-refractivity contribution in [3.8, 4) is 0 Å². The largest absolute Gasteiger partial charge is 0.350 e. The maximum Gasteiger partial charge on any atom is 0.272 e. The number of carbonyl (C=O) groups is 1.